The average Bonchev–Trinajstić information content (AvgIpc) is 2.83. The summed E-state index contributed by atoms with van der Waals surface area (Å²) in [5.41, 5.74) is 8.56. The van der Waals surface area contributed by atoms with Crippen LogP contribution in [0.1, 0.15) is 13.3 Å². The number of hydrogen-bond donors (Lipinski definition) is 2. The van der Waals surface area contributed by atoms with Crippen molar-refractivity contribution >= 4 is 19.8 Å². The number of rotatable bonds is 5. The molecule has 5 atom stereocenters. The van der Waals surface area contributed by atoms with E-state index in [9.17, 15) is 19.0 Å². The maximum absolute atomic E-state index is 11.9. The second-order valence-corrected chi connectivity index (χ2v) is 6.44. The molecule has 0 radical (unpaired) electrons. The van der Waals surface area contributed by atoms with E-state index < -0.39 is 50.7 Å². The third kappa shape index (κ3) is 5.41. The Hall–Kier alpha value is -0.680. The third-order valence-electron chi connectivity index (χ3n) is 3.56. The van der Waals surface area contributed by atoms with Crippen LogP contribution in [0.15, 0.2) is 5.11 Å². The van der Waals surface area contributed by atoms with Crippen molar-refractivity contribution < 1.29 is 62.8 Å². The number of urea groups is 1. The van der Waals surface area contributed by atoms with Crippen molar-refractivity contribution in [3.05, 3.63) is 10.4 Å². The molecule has 5 unspecified atom stereocenters. The fourth-order valence-electron chi connectivity index (χ4n) is 2.42. The summed E-state index contributed by atoms with van der Waals surface area (Å²) in [6.45, 7) is 1.20. The summed E-state index contributed by atoms with van der Waals surface area (Å²) < 4.78 is 20.4. The molecule has 128 valence electrons. The van der Waals surface area contributed by atoms with Crippen LogP contribution in [-0.4, -0.2) is 53.3 Å². The first-order chi connectivity index (χ1) is 10.7. The Morgan fingerprint density at radius 1 is 1.62 bits per heavy atom. The van der Waals surface area contributed by atoms with E-state index in [1.54, 1.807) is 6.92 Å². The smallest absolute Gasteiger partial charge is 0.756 e. The molecule has 0 aliphatic carbocycles. The second-order valence-electron chi connectivity index (χ2n) is 5.25. The van der Waals surface area contributed by atoms with Gasteiger partial charge in [-0.05, 0) is 5.53 Å². The Balaban J connectivity index is 0.00000288. The summed E-state index contributed by atoms with van der Waals surface area (Å²) in [5, 5.41) is 5.66. The van der Waals surface area contributed by atoms with E-state index in [1.807, 2.05) is 0 Å². The summed E-state index contributed by atoms with van der Waals surface area (Å²) in [7, 11) is -4.95. The van der Waals surface area contributed by atoms with Crippen LogP contribution in [0.5, 0.6) is 0 Å². The van der Waals surface area contributed by atoms with Gasteiger partial charge in [0.15, 0.2) is 0 Å². The molecule has 24 heavy (non-hydrogen) atoms. The summed E-state index contributed by atoms with van der Waals surface area (Å²) in [5.74, 6) is -0.841. The summed E-state index contributed by atoms with van der Waals surface area (Å²) in [6, 6.07) is -1.42. The number of phosphoric ester groups is 1. The van der Waals surface area contributed by atoms with Gasteiger partial charge in [0.1, 0.15) is 6.23 Å². The first kappa shape index (κ1) is 21.4. The van der Waals surface area contributed by atoms with Crippen LogP contribution in [0.25, 0.3) is 10.4 Å². The number of azide groups is 1. The van der Waals surface area contributed by atoms with Crippen molar-refractivity contribution in [3.63, 3.8) is 0 Å². The van der Waals surface area contributed by atoms with E-state index in [-0.39, 0.29) is 42.5 Å². The molecule has 12 nitrogen and oxygen atoms in total. The number of imide groups is 1. The zero-order valence-electron chi connectivity index (χ0n) is 13.1. The molecule has 2 N–H and O–H groups in total. The Labute approximate surface area is 159 Å². The Morgan fingerprint density at radius 3 is 2.88 bits per heavy atom. The van der Waals surface area contributed by atoms with Gasteiger partial charge in [-0.25, -0.2) is 4.79 Å². The van der Waals surface area contributed by atoms with E-state index in [2.05, 4.69) is 19.9 Å². The van der Waals surface area contributed by atoms with Crippen LogP contribution < -0.4 is 39.8 Å². The number of nitrogens with one attached hydrogen (secondary N) is 1. The van der Waals surface area contributed by atoms with E-state index in [4.69, 9.17) is 15.2 Å². The summed E-state index contributed by atoms with van der Waals surface area (Å²) >= 11 is 0. The molecule has 0 saturated carbocycles. The van der Waals surface area contributed by atoms with Crippen LogP contribution in [0.3, 0.4) is 0 Å². The normalized spacial score (nSPS) is 32.4. The van der Waals surface area contributed by atoms with Crippen molar-refractivity contribution in [2.24, 2.45) is 11.0 Å². The van der Waals surface area contributed by atoms with Gasteiger partial charge >= 0.3 is 35.6 Å². The molecule has 0 aromatic heterocycles. The molecule has 3 amide bonds. The van der Waals surface area contributed by atoms with Gasteiger partial charge in [-0.15, -0.1) is 0 Å². The van der Waals surface area contributed by atoms with Gasteiger partial charge in [0, 0.05) is 17.9 Å². The predicted molar refractivity (Wildman–Crippen MR) is 71.4 cm³/mol. The SMILES string of the molecule is CC1CN(C2CC(N=[N+]=[N-])C(COP(=O)([O-])O)O2)C(=O)NC1=O.[Na+]. The van der Waals surface area contributed by atoms with Crippen LogP contribution in [0, 0.1) is 5.92 Å². The topological polar surface area (TPSA) is 177 Å². The zero-order valence-corrected chi connectivity index (χ0v) is 16.0. The minimum absolute atomic E-state index is 0. The van der Waals surface area contributed by atoms with Gasteiger partial charge in [-0.1, -0.05) is 12.0 Å². The molecule has 0 aromatic carbocycles. The van der Waals surface area contributed by atoms with Crippen molar-refractivity contribution in [1.29, 1.82) is 0 Å². The first-order valence-corrected chi connectivity index (χ1v) is 8.20. The summed E-state index contributed by atoms with van der Waals surface area (Å²) in [6.07, 6.45) is -1.65. The molecule has 2 aliphatic rings. The molecule has 2 rings (SSSR count). The van der Waals surface area contributed by atoms with Gasteiger partial charge in [0.25, 0.3) is 7.82 Å². The Morgan fingerprint density at radius 2 is 2.29 bits per heavy atom. The predicted octanol–water partition coefficient (Wildman–Crippen LogP) is -3.55. The monoisotopic (exact) mass is 371 g/mol. The molecule has 0 spiro atoms. The molecule has 2 aliphatic heterocycles. The average molecular weight is 371 g/mol. The quantitative estimate of drug-likeness (QED) is 0.165. The zero-order chi connectivity index (χ0) is 17.2. The van der Waals surface area contributed by atoms with Gasteiger partial charge < -0.3 is 19.0 Å². The number of carbonyl (C=O) groups is 2. The fourth-order valence-corrected chi connectivity index (χ4v) is 2.76. The largest absolute Gasteiger partial charge is 1.00 e. The van der Waals surface area contributed by atoms with Gasteiger partial charge in [0.2, 0.25) is 5.91 Å². The van der Waals surface area contributed by atoms with E-state index in [1.165, 1.54) is 4.90 Å². The molecular formula is C10H15N5NaO7P. The molecule has 2 fully saturated rings. The second kappa shape index (κ2) is 8.61. The van der Waals surface area contributed by atoms with Gasteiger partial charge in [0.05, 0.1) is 24.7 Å². The fraction of sp³-hybridized carbons (Fsp3) is 0.800. The number of carbonyl (C=O) groups excluding carboxylic acids is 2. The molecule has 0 aromatic rings. The van der Waals surface area contributed by atoms with Gasteiger partial charge in [-0.3, -0.25) is 19.6 Å². The molecule has 2 saturated heterocycles. The maximum atomic E-state index is 11.9. The number of ether oxygens (including phenoxy) is 1. The van der Waals surface area contributed by atoms with Crippen molar-refractivity contribution in [2.45, 2.75) is 31.7 Å². The number of nitrogens with zero attached hydrogens (tertiary/aromatic N) is 4. The minimum atomic E-state index is -4.95. The van der Waals surface area contributed by atoms with E-state index in [0.29, 0.717) is 0 Å². The van der Waals surface area contributed by atoms with E-state index in [0.717, 1.165) is 0 Å². The minimum Gasteiger partial charge on any atom is -0.756 e. The Bertz CT molecular complexity index is 594. The van der Waals surface area contributed by atoms with Crippen molar-refractivity contribution in [2.75, 3.05) is 13.2 Å². The number of hydrogen-bond acceptors (Lipinski definition) is 7. The van der Waals surface area contributed by atoms with Gasteiger partial charge in [-0.2, -0.15) is 0 Å². The van der Waals surface area contributed by atoms with Crippen LogP contribution in [-0.2, 0) is 18.6 Å². The molecular weight excluding hydrogens is 356 g/mol. The van der Waals surface area contributed by atoms with Crippen LogP contribution in [0.2, 0.25) is 0 Å². The van der Waals surface area contributed by atoms with Crippen LogP contribution in [0.4, 0.5) is 4.79 Å². The molecule has 0 bridgehead atoms. The van der Waals surface area contributed by atoms with Crippen LogP contribution >= 0.6 is 7.82 Å². The number of phosphoric acid groups is 1. The third-order valence-corrected chi connectivity index (χ3v) is 4.04. The standard InChI is InChI=1S/C10H16N5O7P.Na/c1-5-3-15(10(17)12-9(5)16)8-2-6(13-14-11)7(22-8)4-21-23(18,19)20;/h5-8H,2-4H2,1H3,(H,12,16,17)(H2,18,19,20);/q;+1/p-1. The van der Waals surface area contributed by atoms with Crippen molar-refractivity contribution in [1.82, 2.24) is 10.2 Å². The summed E-state index contributed by atoms with van der Waals surface area (Å²) in [4.78, 5) is 46.5. The molecule has 14 heteroatoms. The van der Waals surface area contributed by atoms with E-state index >= 15 is 0 Å². The maximum Gasteiger partial charge on any atom is 1.00 e. The molecule has 2 heterocycles. The van der Waals surface area contributed by atoms with Crippen molar-refractivity contribution in [3.8, 4) is 0 Å². The first-order valence-electron chi connectivity index (χ1n) is 6.70. The number of amides is 3. The Kier molecular flexibility index (Phi) is 7.67.